The SMILES string of the molecule is CC(C)(C)C(C(=O)O)c1ccc(Cl)o1. The summed E-state index contributed by atoms with van der Waals surface area (Å²) in [6.45, 7) is 5.55. The summed E-state index contributed by atoms with van der Waals surface area (Å²) >= 11 is 5.60. The van der Waals surface area contributed by atoms with E-state index in [1.165, 1.54) is 0 Å². The van der Waals surface area contributed by atoms with Gasteiger partial charge in [0.15, 0.2) is 5.22 Å². The summed E-state index contributed by atoms with van der Waals surface area (Å²) in [5, 5.41) is 9.29. The first kappa shape index (κ1) is 11.1. The fourth-order valence-corrected chi connectivity index (χ4v) is 1.55. The highest BCUT2D eigenvalue weighted by molar-refractivity contribution is 6.28. The molecule has 1 unspecified atom stereocenters. The molecule has 0 amide bonds. The second-order valence-electron chi connectivity index (χ2n) is 4.28. The van der Waals surface area contributed by atoms with Crippen molar-refractivity contribution < 1.29 is 14.3 Å². The zero-order valence-corrected chi connectivity index (χ0v) is 9.13. The second kappa shape index (κ2) is 3.65. The molecule has 4 heteroatoms. The van der Waals surface area contributed by atoms with Crippen molar-refractivity contribution in [2.24, 2.45) is 5.41 Å². The Kier molecular flexibility index (Phi) is 2.90. The molecule has 1 heterocycles. The molecule has 1 N–H and O–H groups in total. The molecule has 0 bridgehead atoms. The molecule has 0 aliphatic carbocycles. The summed E-state index contributed by atoms with van der Waals surface area (Å²) in [7, 11) is 0. The van der Waals surface area contributed by atoms with Gasteiger partial charge in [-0.3, -0.25) is 4.79 Å². The number of rotatable bonds is 2. The van der Waals surface area contributed by atoms with Crippen molar-refractivity contribution in [3.05, 3.63) is 23.1 Å². The van der Waals surface area contributed by atoms with Crippen LogP contribution in [0.2, 0.25) is 5.22 Å². The minimum atomic E-state index is -0.900. The van der Waals surface area contributed by atoms with Crippen LogP contribution in [0.15, 0.2) is 16.5 Å². The normalized spacial score (nSPS) is 14.0. The Hall–Kier alpha value is -0.960. The lowest BCUT2D eigenvalue weighted by Gasteiger charge is -2.24. The van der Waals surface area contributed by atoms with Gasteiger partial charge in [0.2, 0.25) is 0 Å². The number of hydrogen-bond acceptors (Lipinski definition) is 2. The van der Waals surface area contributed by atoms with Crippen LogP contribution in [0.5, 0.6) is 0 Å². The van der Waals surface area contributed by atoms with E-state index in [0.29, 0.717) is 5.76 Å². The van der Waals surface area contributed by atoms with E-state index < -0.39 is 17.3 Å². The summed E-state index contributed by atoms with van der Waals surface area (Å²) < 4.78 is 5.12. The molecule has 1 rings (SSSR count). The van der Waals surface area contributed by atoms with Gasteiger partial charge in [0.1, 0.15) is 11.7 Å². The van der Waals surface area contributed by atoms with Crippen molar-refractivity contribution in [2.45, 2.75) is 26.7 Å². The zero-order chi connectivity index (χ0) is 10.9. The van der Waals surface area contributed by atoms with Crippen LogP contribution >= 0.6 is 11.6 Å². The Bertz CT molecular complexity index is 335. The van der Waals surface area contributed by atoms with Crippen LogP contribution in [-0.4, -0.2) is 11.1 Å². The maximum atomic E-state index is 11.1. The molecular weight excluding hydrogens is 204 g/mol. The van der Waals surface area contributed by atoms with Gasteiger partial charge in [-0.2, -0.15) is 0 Å². The number of carboxylic acid groups (broad SMARTS) is 1. The first-order valence-corrected chi connectivity index (χ1v) is 4.68. The summed E-state index contributed by atoms with van der Waals surface area (Å²) in [4.78, 5) is 11.1. The summed E-state index contributed by atoms with van der Waals surface area (Å²) in [5.74, 6) is -1.17. The van der Waals surface area contributed by atoms with E-state index in [9.17, 15) is 4.79 Å². The molecule has 0 saturated heterocycles. The second-order valence-corrected chi connectivity index (χ2v) is 4.65. The predicted octanol–water partition coefficient (Wildman–Crippen LogP) is 3.15. The number of halogens is 1. The zero-order valence-electron chi connectivity index (χ0n) is 8.37. The summed E-state index contributed by atoms with van der Waals surface area (Å²) in [6.07, 6.45) is 0. The molecule has 3 nitrogen and oxygen atoms in total. The molecule has 0 aromatic carbocycles. The number of carbonyl (C=O) groups is 1. The maximum absolute atomic E-state index is 11.1. The van der Waals surface area contributed by atoms with Crippen molar-refractivity contribution in [3.63, 3.8) is 0 Å². The van der Waals surface area contributed by atoms with Crippen LogP contribution in [-0.2, 0) is 4.79 Å². The standard InChI is InChI=1S/C10H13ClO3/c1-10(2,3)8(9(12)13)6-4-5-7(11)14-6/h4-5,8H,1-3H3,(H,12,13). The molecule has 0 radical (unpaired) electrons. The van der Waals surface area contributed by atoms with Crippen molar-refractivity contribution in [1.82, 2.24) is 0 Å². The highest BCUT2D eigenvalue weighted by Gasteiger charge is 2.35. The molecule has 0 saturated carbocycles. The van der Waals surface area contributed by atoms with E-state index in [2.05, 4.69) is 0 Å². The summed E-state index contributed by atoms with van der Waals surface area (Å²) in [5.41, 5.74) is -0.396. The van der Waals surface area contributed by atoms with Crippen LogP contribution in [0.25, 0.3) is 0 Å². The van der Waals surface area contributed by atoms with E-state index in [1.807, 2.05) is 20.8 Å². The highest BCUT2D eigenvalue weighted by Crippen LogP contribution is 2.36. The molecule has 1 atom stereocenters. The quantitative estimate of drug-likeness (QED) is 0.826. The maximum Gasteiger partial charge on any atom is 0.314 e. The fraction of sp³-hybridized carbons (Fsp3) is 0.500. The van der Waals surface area contributed by atoms with Crippen LogP contribution in [0, 0.1) is 5.41 Å². The first-order chi connectivity index (χ1) is 6.32. The van der Waals surface area contributed by atoms with Crippen LogP contribution in [0.3, 0.4) is 0 Å². The van der Waals surface area contributed by atoms with E-state index >= 15 is 0 Å². The van der Waals surface area contributed by atoms with Gasteiger partial charge in [-0.05, 0) is 29.1 Å². The number of aliphatic carboxylic acids is 1. The third kappa shape index (κ3) is 2.29. The van der Waals surface area contributed by atoms with Crippen molar-refractivity contribution in [1.29, 1.82) is 0 Å². The molecule has 0 fully saturated rings. The monoisotopic (exact) mass is 216 g/mol. The average Bonchev–Trinajstić information content (AvgIpc) is 2.31. The van der Waals surface area contributed by atoms with Gasteiger partial charge in [0, 0.05) is 0 Å². The fourth-order valence-electron chi connectivity index (χ4n) is 1.40. The van der Waals surface area contributed by atoms with Gasteiger partial charge in [0.05, 0.1) is 0 Å². The Morgan fingerprint density at radius 3 is 2.36 bits per heavy atom. The molecule has 0 spiro atoms. The van der Waals surface area contributed by atoms with Crippen LogP contribution in [0.4, 0.5) is 0 Å². The number of furan rings is 1. The van der Waals surface area contributed by atoms with Crippen LogP contribution < -0.4 is 0 Å². The van der Waals surface area contributed by atoms with Gasteiger partial charge in [0.25, 0.3) is 0 Å². The molecule has 0 aliphatic heterocycles. The number of carboxylic acids is 1. The van der Waals surface area contributed by atoms with E-state index in [1.54, 1.807) is 12.1 Å². The lowest BCUT2D eigenvalue weighted by atomic mass is 9.79. The topological polar surface area (TPSA) is 50.4 Å². The van der Waals surface area contributed by atoms with Crippen molar-refractivity contribution in [2.75, 3.05) is 0 Å². The van der Waals surface area contributed by atoms with Crippen molar-refractivity contribution >= 4 is 17.6 Å². The van der Waals surface area contributed by atoms with Gasteiger partial charge in [-0.25, -0.2) is 0 Å². The van der Waals surface area contributed by atoms with Gasteiger partial charge in [-0.15, -0.1) is 0 Å². The van der Waals surface area contributed by atoms with E-state index in [4.69, 9.17) is 21.1 Å². The van der Waals surface area contributed by atoms with Crippen molar-refractivity contribution in [3.8, 4) is 0 Å². The van der Waals surface area contributed by atoms with E-state index in [-0.39, 0.29) is 5.22 Å². The Balaban J connectivity index is 3.07. The minimum absolute atomic E-state index is 0.218. The molecule has 1 aromatic heterocycles. The average molecular weight is 217 g/mol. The molecule has 14 heavy (non-hydrogen) atoms. The molecule has 0 aliphatic rings. The highest BCUT2D eigenvalue weighted by atomic mass is 35.5. The van der Waals surface area contributed by atoms with Gasteiger partial charge < -0.3 is 9.52 Å². The van der Waals surface area contributed by atoms with Gasteiger partial charge in [-0.1, -0.05) is 20.8 Å². The molecule has 78 valence electrons. The third-order valence-electron chi connectivity index (χ3n) is 1.99. The number of hydrogen-bond donors (Lipinski definition) is 1. The molecular formula is C10H13ClO3. The van der Waals surface area contributed by atoms with Gasteiger partial charge >= 0.3 is 5.97 Å². The smallest absolute Gasteiger partial charge is 0.314 e. The predicted molar refractivity (Wildman–Crippen MR) is 53.5 cm³/mol. The Morgan fingerprint density at radius 1 is 1.50 bits per heavy atom. The lowest BCUT2D eigenvalue weighted by molar-refractivity contribution is -0.141. The molecule has 1 aromatic rings. The Morgan fingerprint density at radius 2 is 2.07 bits per heavy atom. The summed E-state index contributed by atoms with van der Waals surface area (Å²) in [6, 6.07) is 3.16. The Labute approximate surface area is 87.7 Å². The first-order valence-electron chi connectivity index (χ1n) is 4.30. The largest absolute Gasteiger partial charge is 0.481 e. The van der Waals surface area contributed by atoms with Crippen LogP contribution in [0.1, 0.15) is 32.4 Å². The lowest BCUT2D eigenvalue weighted by Crippen LogP contribution is -2.25. The van der Waals surface area contributed by atoms with E-state index in [0.717, 1.165) is 0 Å². The third-order valence-corrected chi connectivity index (χ3v) is 2.19. The minimum Gasteiger partial charge on any atom is -0.481 e.